The van der Waals surface area contributed by atoms with Crippen LogP contribution in [0.25, 0.3) is 22.5 Å². The lowest BCUT2D eigenvalue weighted by atomic mass is 10.1. The zero-order valence-electron chi connectivity index (χ0n) is 8.01. The minimum Gasteiger partial charge on any atom is -0.236 e. The number of nitrogens with two attached hydrogens (primary N) is 1. The fraction of sp³-hybridized carbons (Fsp3) is 0. The van der Waals surface area contributed by atoms with Gasteiger partial charge in [-0.25, -0.2) is 23.5 Å². The standard InChI is InChI=1S/C10H6N3O2S/c11-16(14,15)9-7-2-1-3-8(9)10-12-4-6(7)5-13-10/h1,3-5H,(H2,11,14,15). The van der Waals surface area contributed by atoms with Crippen LogP contribution in [0.3, 0.4) is 0 Å². The third kappa shape index (κ3) is 1.17. The molecule has 16 heavy (non-hydrogen) atoms. The Morgan fingerprint density at radius 1 is 1.25 bits per heavy atom. The normalized spacial score (nSPS) is 12.6. The summed E-state index contributed by atoms with van der Waals surface area (Å²) in [4.78, 5) is 8.18. The molecule has 0 amide bonds. The van der Waals surface area contributed by atoms with Gasteiger partial charge in [-0.05, 0) is 12.1 Å². The van der Waals surface area contributed by atoms with Gasteiger partial charge in [-0.3, -0.25) is 0 Å². The van der Waals surface area contributed by atoms with Gasteiger partial charge in [0.2, 0.25) is 10.0 Å². The van der Waals surface area contributed by atoms with E-state index in [-0.39, 0.29) is 4.90 Å². The van der Waals surface area contributed by atoms with Crippen molar-refractivity contribution in [3.63, 3.8) is 0 Å². The highest BCUT2D eigenvalue weighted by Crippen LogP contribution is 2.36. The number of aromatic nitrogens is 2. The average molecular weight is 232 g/mol. The van der Waals surface area contributed by atoms with Gasteiger partial charge in [0.25, 0.3) is 0 Å². The zero-order valence-corrected chi connectivity index (χ0v) is 8.82. The Hall–Kier alpha value is -1.79. The van der Waals surface area contributed by atoms with Crippen molar-refractivity contribution >= 4 is 10.0 Å². The number of primary sulfonamides is 1. The number of sulfonamides is 1. The molecule has 2 aliphatic rings. The Balaban J connectivity index is 2.56. The lowest BCUT2D eigenvalue weighted by molar-refractivity contribution is 0.598. The molecule has 2 aromatic rings. The fourth-order valence-electron chi connectivity index (χ4n) is 1.77. The van der Waals surface area contributed by atoms with Gasteiger partial charge in [-0.1, -0.05) is 6.07 Å². The molecule has 2 aliphatic heterocycles. The molecular weight excluding hydrogens is 226 g/mol. The lowest BCUT2D eigenvalue weighted by Gasteiger charge is -2.06. The molecule has 2 N–H and O–H groups in total. The molecule has 4 bridgehead atoms. The third-order valence-corrected chi connectivity index (χ3v) is 3.41. The van der Waals surface area contributed by atoms with Gasteiger partial charge in [0.1, 0.15) is 4.90 Å². The summed E-state index contributed by atoms with van der Waals surface area (Å²) in [5.74, 6) is 0.362. The second-order valence-electron chi connectivity index (χ2n) is 3.44. The van der Waals surface area contributed by atoms with E-state index in [4.69, 9.17) is 5.14 Å². The summed E-state index contributed by atoms with van der Waals surface area (Å²) in [5.41, 5.74) is 1.46. The molecule has 1 radical (unpaired) electrons. The molecule has 0 aliphatic carbocycles. The quantitative estimate of drug-likeness (QED) is 0.664. The van der Waals surface area contributed by atoms with Crippen molar-refractivity contribution in [1.29, 1.82) is 0 Å². The molecule has 0 fully saturated rings. The van der Waals surface area contributed by atoms with E-state index in [1.807, 2.05) is 0 Å². The number of nitrogens with zero attached hydrogens (tertiary/aromatic N) is 2. The zero-order chi connectivity index (χ0) is 11.3. The maximum Gasteiger partial charge on any atom is 0.239 e. The van der Waals surface area contributed by atoms with E-state index in [0.717, 1.165) is 0 Å². The average Bonchev–Trinajstić information content (AvgIpc) is 2.40. The van der Waals surface area contributed by atoms with Crippen LogP contribution in [-0.2, 0) is 10.0 Å². The van der Waals surface area contributed by atoms with Crippen molar-refractivity contribution in [3.05, 3.63) is 30.6 Å². The second kappa shape index (κ2) is 2.87. The van der Waals surface area contributed by atoms with Crippen LogP contribution >= 0.6 is 0 Å². The van der Waals surface area contributed by atoms with Crippen LogP contribution in [0.2, 0.25) is 0 Å². The molecule has 0 spiro atoms. The summed E-state index contributed by atoms with van der Waals surface area (Å²) >= 11 is 0. The molecule has 0 saturated carbocycles. The molecule has 4 rings (SSSR count). The minimum atomic E-state index is -3.81. The van der Waals surface area contributed by atoms with Crippen LogP contribution in [0, 0.1) is 6.07 Å². The first-order valence-corrected chi connectivity index (χ1v) is 6.02. The van der Waals surface area contributed by atoms with Crippen LogP contribution in [0.4, 0.5) is 0 Å². The molecule has 0 atom stereocenters. The van der Waals surface area contributed by atoms with E-state index < -0.39 is 10.0 Å². The van der Waals surface area contributed by atoms with Crippen LogP contribution < -0.4 is 5.14 Å². The summed E-state index contributed by atoms with van der Waals surface area (Å²) in [6, 6.07) is 6.10. The lowest BCUT2D eigenvalue weighted by Crippen LogP contribution is -2.14. The van der Waals surface area contributed by atoms with Gasteiger partial charge in [-0.2, -0.15) is 0 Å². The number of fused-ring (bicyclic) bond motifs is 2. The van der Waals surface area contributed by atoms with Gasteiger partial charge in [0, 0.05) is 29.1 Å². The largest absolute Gasteiger partial charge is 0.239 e. The highest BCUT2D eigenvalue weighted by atomic mass is 32.2. The summed E-state index contributed by atoms with van der Waals surface area (Å²) in [7, 11) is -3.81. The Bertz CT molecular complexity index is 636. The number of rotatable bonds is 1. The van der Waals surface area contributed by atoms with E-state index in [1.54, 1.807) is 24.5 Å². The Kier molecular flexibility index (Phi) is 1.69. The topological polar surface area (TPSA) is 85.9 Å². The van der Waals surface area contributed by atoms with Crippen LogP contribution in [0.5, 0.6) is 0 Å². The first-order valence-electron chi connectivity index (χ1n) is 4.47. The van der Waals surface area contributed by atoms with Gasteiger partial charge >= 0.3 is 0 Å². The summed E-state index contributed by atoms with van der Waals surface area (Å²) < 4.78 is 23.1. The van der Waals surface area contributed by atoms with Gasteiger partial charge in [0.05, 0.1) is 0 Å². The molecule has 3 heterocycles. The highest BCUT2D eigenvalue weighted by Gasteiger charge is 2.25. The number of hydrogen-bond donors (Lipinski definition) is 1. The SMILES string of the molecule is NS(=O)(=O)c1c2[c]ccc1-c1ncc-2cn1. The maximum absolute atomic E-state index is 11.6. The number of benzene rings is 1. The van der Waals surface area contributed by atoms with Crippen molar-refractivity contribution in [1.82, 2.24) is 9.97 Å². The third-order valence-electron chi connectivity index (χ3n) is 2.42. The Morgan fingerprint density at radius 2 is 1.94 bits per heavy atom. The molecule has 1 aromatic carbocycles. The van der Waals surface area contributed by atoms with Crippen molar-refractivity contribution in [2.24, 2.45) is 5.14 Å². The molecule has 1 aromatic heterocycles. The van der Waals surface area contributed by atoms with Crippen molar-refractivity contribution in [2.45, 2.75) is 4.90 Å². The first kappa shape index (κ1) is 9.44. The monoisotopic (exact) mass is 232 g/mol. The van der Waals surface area contributed by atoms with Crippen LogP contribution in [0.15, 0.2) is 29.4 Å². The first-order chi connectivity index (χ1) is 7.57. The molecule has 0 saturated heterocycles. The van der Waals surface area contributed by atoms with E-state index in [0.29, 0.717) is 22.5 Å². The predicted molar refractivity (Wildman–Crippen MR) is 56.7 cm³/mol. The van der Waals surface area contributed by atoms with Crippen molar-refractivity contribution in [2.75, 3.05) is 0 Å². The maximum atomic E-state index is 11.6. The Morgan fingerprint density at radius 3 is 2.56 bits per heavy atom. The molecule has 79 valence electrons. The van der Waals surface area contributed by atoms with Crippen molar-refractivity contribution in [3.8, 4) is 22.5 Å². The summed E-state index contributed by atoms with van der Waals surface area (Å²) in [6.45, 7) is 0. The second-order valence-corrected chi connectivity index (χ2v) is 4.93. The molecule has 0 unspecified atom stereocenters. The van der Waals surface area contributed by atoms with Crippen LogP contribution in [-0.4, -0.2) is 18.4 Å². The summed E-state index contributed by atoms with van der Waals surface area (Å²) in [5, 5.41) is 5.20. The minimum absolute atomic E-state index is 0.0509. The van der Waals surface area contributed by atoms with E-state index in [9.17, 15) is 8.42 Å². The van der Waals surface area contributed by atoms with E-state index >= 15 is 0 Å². The smallest absolute Gasteiger partial charge is 0.236 e. The molecule has 6 heteroatoms. The van der Waals surface area contributed by atoms with Crippen LogP contribution in [0.1, 0.15) is 0 Å². The van der Waals surface area contributed by atoms with Crippen molar-refractivity contribution < 1.29 is 8.42 Å². The van der Waals surface area contributed by atoms with E-state index in [2.05, 4.69) is 16.0 Å². The van der Waals surface area contributed by atoms with Gasteiger partial charge < -0.3 is 0 Å². The fourth-order valence-corrected chi connectivity index (χ4v) is 2.69. The van der Waals surface area contributed by atoms with Gasteiger partial charge in [-0.15, -0.1) is 0 Å². The van der Waals surface area contributed by atoms with Gasteiger partial charge in [0.15, 0.2) is 5.82 Å². The summed E-state index contributed by atoms with van der Waals surface area (Å²) in [6.07, 6.45) is 3.13. The predicted octanol–water partition coefficient (Wildman–Crippen LogP) is 0.572. The highest BCUT2D eigenvalue weighted by molar-refractivity contribution is 7.89. The number of hydrogen-bond acceptors (Lipinski definition) is 4. The molecular formula is C10H6N3O2S. The van der Waals surface area contributed by atoms with E-state index in [1.165, 1.54) is 0 Å². The Labute approximate surface area is 92.0 Å². The molecule has 5 nitrogen and oxygen atoms in total.